The minimum absolute atomic E-state index is 0.0599. The molecule has 1 aromatic heterocycles. The van der Waals surface area contributed by atoms with Crippen LogP contribution in [0.2, 0.25) is 0 Å². The molecule has 0 spiro atoms. The lowest BCUT2D eigenvalue weighted by molar-refractivity contribution is -0.136. The molecule has 0 bridgehead atoms. The summed E-state index contributed by atoms with van der Waals surface area (Å²) in [7, 11) is -3.72. The first-order valence-corrected chi connectivity index (χ1v) is 8.17. The maximum absolute atomic E-state index is 11.8. The SMILES string of the molecule is CC(C)(CO)[C@@H](O)C(=O)NCCS(=O)(=O)Nc1ncccn1. The maximum Gasteiger partial charge on any atom is 0.249 e. The molecular weight excluding hydrogens is 312 g/mol. The lowest BCUT2D eigenvalue weighted by atomic mass is 9.87. The molecule has 1 amide bonds. The number of carbonyl (C=O) groups is 1. The Hall–Kier alpha value is -1.78. The number of aromatic nitrogens is 2. The summed E-state index contributed by atoms with van der Waals surface area (Å²) in [5.74, 6) is -1.20. The zero-order valence-corrected chi connectivity index (χ0v) is 13.2. The van der Waals surface area contributed by atoms with Crippen molar-refractivity contribution in [3.8, 4) is 0 Å². The second-order valence-corrected chi connectivity index (χ2v) is 7.18. The van der Waals surface area contributed by atoms with Gasteiger partial charge < -0.3 is 15.5 Å². The van der Waals surface area contributed by atoms with Crippen LogP contribution in [0.3, 0.4) is 0 Å². The highest BCUT2D eigenvalue weighted by Gasteiger charge is 2.32. The summed E-state index contributed by atoms with van der Waals surface area (Å²) in [4.78, 5) is 19.1. The monoisotopic (exact) mass is 332 g/mol. The van der Waals surface area contributed by atoms with Crippen LogP contribution in [0.25, 0.3) is 0 Å². The summed E-state index contributed by atoms with van der Waals surface area (Å²) >= 11 is 0. The lowest BCUT2D eigenvalue weighted by Gasteiger charge is -2.27. The molecule has 10 heteroatoms. The Labute approximate surface area is 128 Å². The molecule has 0 radical (unpaired) electrons. The molecule has 0 aliphatic heterocycles. The fraction of sp³-hybridized carbons (Fsp3) is 0.583. The molecule has 0 saturated heterocycles. The molecule has 0 aliphatic carbocycles. The van der Waals surface area contributed by atoms with E-state index in [4.69, 9.17) is 5.11 Å². The van der Waals surface area contributed by atoms with Crippen LogP contribution in [-0.2, 0) is 14.8 Å². The van der Waals surface area contributed by atoms with Crippen LogP contribution in [-0.4, -0.2) is 59.5 Å². The van der Waals surface area contributed by atoms with Gasteiger partial charge in [-0.3, -0.25) is 9.52 Å². The maximum atomic E-state index is 11.8. The van der Waals surface area contributed by atoms with Gasteiger partial charge in [0.1, 0.15) is 6.10 Å². The topological polar surface area (TPSA) is 142 Å². The van der Waals surface area contributed by atoms with Gasteiger partial charge in [0, 0.05) is 24.4 Å². The van der Waals surface area contributed by atoms with E-state index in [-0.39, 0.29) is 19.1 Å². The smallest absolute Gasteiger partial charge is 0.249 e. The van der Waals surface area contributed by atoms with Gasteiger partial charge in [-0.2, -0.15) is 0 Å². The van der Waals surface area contributed by atoms with Crippen molar-refractivity contribution in [3.05, 3.63) is 18.5 Å². The molecule has 0 saturated carbocycles. The largest absolute Gasteiger partial charge is 0.396 e. The number of aliphatic hydroxyl groups is 2. The summed E-state index contributed by atoms with van der Waals surface area (Å²) in [5, 5.41) is 21.1. The molecule has 1 rings (SSSR count). The lowest BCUT2D eigenvalue weighted by Crippen LogP contribution is -2.46. The van der Waals surface area contributed by atoms with Gasteiger partial charge in [-0.1, -0.05) is 13.8 Å². The van der Waals surface area contributed by atoms with E-state index >= 15 is 0 Å². The molecule has 0 unspecified atom stereocenters. The van der Waals surface area contributed by atoms with Gasteiger partial charge in [0.2, 0.25) is 21.9 Å². The van der Waals surface area contributed by atoms with Gasteiger partial charge in [-0.25, -0.2) is 18.4 Å². The Morgan fingerprint density at radius 1 is 1.36 bits per heavy atom. The summed E-state index contributed by atoms with van der Waals surface area (Å²) < 4.78 is 25.7. The third kappa shape index (κ3) is 5.54. The van der Waals surface area contributed by atoms with Gasteiger partial charge in [0.15, 0.2) is 0 Å². The first kappa shape index (κ1) is 18.3. The molecule has 4 N–H and O–H groups in total. The summed E-state index contributed by atoms with van der Waals surface area (Å²) in [5.41, 5.74) is -1.01. The third-order valence-corrected chi connectivity index (χ3v) is 4.11. The molecule has 1 atom stereocenters. The van der Waals surface area contributed by atoms with Crippen molar-refractivity contribution >= 4 is 21.9 Å². The van der Waals surface area contributed by atoms with E-state index in [1.807, 2.05) is 0 Å². The Bertz CT molecular complexity index is 591. The van der Waals surface area contributed by atoms with Crippen LogP contribution in [0.15, 0.2) is 18.5 Å². The number of nitrogens with one attached hydrogen (secondary N) is 2. The number of sulfonamides is 1. The van der Waals surface area contributed by atoms with E-state index < -0.39 is 33.2 Å². The summed E-state index contributed by atoms with van der Waals surface area (Å²) in [6.07, 6.45) is 1.34. The van der Waals surface area contributed by atoms with Gasteiger partial charge in [0.25, 0.3) is 0 Å². The Morgan fingerprint density at radius 3 is 2.50 bits per heavy atom. The predicted octanol–water partition coefficient (Wildman–Crippen LogP) is -1.29. The second kappa shape index (κ2) is 7.47. The van der Waals surface area contributed by atoms with Crippen molar-refractivity contribution < 1.29 is 23.4 Å². The predicted molar refractivity (Wildman–Crippen MR) is 79.3 cm³/mol. The first-order valence-electron chi connectivity index (χ1n) is 6.52. The fourth-order valence-corrected chi connectivity index (χ4v) is 2.24. The zero-order chi connectivity index (χ0) is 16.8. The number of anilines is 1. The van der Waals surface area contributed by atoms with E-state index in [9.17, 15) is 18.3 Å². The number of carbonyl (C=O) groups excluding carboxylic acids is 1. The quantitative estimate of drug-likeness (QED) is 0.464. The highest BCUT2D eigenvalue weighted by molar-refractivity contribution is 7.92. The van der Waals surface area contributed by atoms with Gasteiger partial charge >= 0.3 is 0 Å². The van der Waals surface area contributed by atoms with Crippen LogP contribution < -0.4 is 10.0 Å². The molecule has 22 heavy (non-hydrogen) atoms. The van der Waals surface area contributed by atoms with Crippen LogP contribution in [0.5, 0.6) is 0 Å². The standard InChI is InChI=1S/C12H20N4O5S/c1-12(2,8-17)9(18)10(19)13-6-7-22(20,21)16-11-14-4-3-5-15-11/h3-5,9,17-18H,6-8H2,1-2H3,(H,13,19)(H,14,15,16)/t9-/m0/s1. The molecule has 0 aromatic carbocycles. The van der Waals surface area contributed by atoms with E-state index in [1.165, 1.54) is 26.2 Å². The van der Waals surface area contributed by atoms with Crippen LogP contribution in [0.1, 0.15) is 13.8 Å². The summed E-state index contributed by atoms with van der Waals surface area (Å²) in [6, 6.07) is 1.54. The molecular formula is C12H20N4O5S. The van der Waals surface area contributed by atoms with Crippen molar-refractivity contribution in [1.29, 1.82) is 0 Å². The van der Waals surface area contributed by atoms with Crippen molar-refractivity contribution in [2.75, 3.05) is 23.6 Å². The number of rotatable bonds is 8. The van der Waals surface area contributed by atoms with Crippen molar-refractivity contribution in [1.82, 2.24) is 15.3 Å². The molecule has 1 heterocycles. The van der Waals surface area contributed by atoms with Crippen molar-refractivity contribution in [3.63, 3.8) is 0 Å². The third-order valence-electron chi connectivity index (χ3n) is 2.88. The fourth-order valence-electron chi connectivity index (χ4n) is 1.39. The van der Waals surface area contributed by atoms with Crippen molar-refractivity contribution in [2.24, 2.45) is 5.41 Å². The molecule has 124 valence electrons. The zero-order valence-electron chi connectivity index (χ0n) is 12.4. The highest BCUT2D eigenvalue weighted by atomic mass is 32.2. The number of hydrogen-bond acceptors (Lipinski definition) is 7. The number of aliphatic hydroxyl groups excluding tert-OH is 2. The Balaban J connectivity index is 2.48. The van der Waals surface area contributed by atoms with Gasteiger partial charge in [-0.05, 0) is 6.07 Å². The van der Waals surface area contributed by atoms with Crippen molar-refractivity contribution in [2.45, 2.75) is 20.0 Å². The van der Waals surface area contributed by atoms with Gasteiger partial charge in [0.05, 0.1) is 12.4 Å². The highest BCUT2D eigenvalue weighted by Crippen LogP contribution is 2.19. The first-order chi connectivity index (χ1) is 10.2. The van der Waals surface area contributed by atoms with E-state index in [2.05, 4.69) is 20.0 Å². The minimum Gasteiger partial charge on any atom is -0.396 e. The summed E-state index contributed by atoms with van der Waals surface area (Å²) in [6.45, 7) is 2.46. The number of amides is 1. The second-order valence-electron chi connectivity index (χ2n) is 5.33. The van der Waals surface area contributed by atoms with E-state index in [0.717, 1.165) is 0 Å². The molecule has 9 nitrogen and oxygen atoms in total. The van der Waals surface area contributed by atoms with Gasteiger partial charge in [-0.15, -0.1) is 0 Å². The van der Waals surface area contributed by atoms with Crippen LogP contribution in [0.4, 0.5) is 5.95 Å². The minimum atomic E-state index is -3.72. The van der Waals surface area contributed by atoms with Crippen LogP contribution >= 0.6 is 0 Å². The van der Waals surface area contributed by atoms with E-state index in [0.29, 0.717) is 0 Å². The molecule has 1 aromatic rings. The normalized spacial score (nSPS) is 13.5. The number of hydrogen-bond donors (Lipinski definition) is 4. The molecule has 0 aliphatic rings. The Kier molecular flexibility index (Phi) is 6.21. The number of nitrogens with zero attached hydrogens (tertiary/aromatic N) is 2. The average molecular weight is 332 g/mol. The van der Waals surface area contributed by atoms with Crippen LogP contribution in [0, 0.1) is 5.41 Å². The molecule has 0 fully saturated rings. The van der Waals surface area contributed by atoms with E-state index in [1.54, 1.807) is 6.07 Å². The average Bonchev–Trinajstić information content (AvgIpc) is 2.46. The Morgan fingerprint density at radius 2 is 1.95 bits per heavy atom.